The molecule has 6 nitrogen and oxygen atoms in total. The Balaban J connectivity index is 2.42. The smallest absolute Gasteiger partial charge is 0.218 e. The molecule has 0 spiro atoms. The highest BCUT2D eigenvalue weighted by atomic mass is 16.5. The lowest BCUT2D eigenvalue weighted by molar-refractivity contribution is 0.143. The van der Waals surface area contributed by atoms with Crippen LogP contribution in [-0.2, 0) is 11.3 Å². The van der Waals surface area contributed by atoms with Crippen molar-refractivity contribution in [1.82, 2.24) is 15.6 Å². The Kier molecular flexibility index (Phi) is 9.79. The molecule has 0 aliphatic heterocycles. The van der Waals surface area contributed by atoms with Crippen LogP contribution >= 0.6 is 0 Å². The van der Waals surface area contributed by atoms with Crippen molar-refractivity contribution in [2.24, 2.45) is 10.9 Å². The molecule has 130 valence electrons. The van der Waals surface area contributed by atoms with Gasteiger partial charge in [0.15, 0.2) is 5.96 Å². The minimum Gasteiger partial charge on any atom is -0.475 e. The van der Waals surface area contributed by atoms with E-state index in [1.165, 1.54) is 6.42 Å². The Bertz CT molecular complexity index is 464. The summed E-state index contributed by atoms with van der Waals surface area (Å²) in [6, 6.07) is 3.90. The number of methoxy groups -OCH3 is 1. The van der Waals surface area contributed by atoms with Gasteiger partial charge in [0, 0.05) is 39.0 Å². The molecule has 1 heterocycles. The van der Waals surface area contributed by atoms with Gasteiger partial charge in [-0.3, -0.25) is 4.99 Å². The molecule has 1 aromatic rings. The van der Waals surface area contributed by atoms with Crippen molar-refractivity contribution >= 4 is 5.96 Å². The Labute approximate surface area is 139 Å². The average molecular weight is 322 g/mol. The van der Waals surface area contributed by atoms with Crippen LogP contribution in [0.2, 0.25) is 0 Å². The number of ether oxygens (including phenoxy) is 2. The topological polar surface area (TPSA) is 67.8 Å². The van der Waals surface area contributed by atoms with E-state index in [1.54, 1.807) is 20.4 Å². The normalized spacial score (nSPS) is 11.6. The maximum Gasteiger partial charge on any atom is 0.218 e. The summed E-state index contributed by atoms with van der Waals surface area (Å²) in [5.74, 6) is 2.15. The van der Waals surface area contributed by atoms with E-state index in [9.17, 15) is 0 Å². The zero-order valence-corrected chi connectivity index (χ0v) is 14.8. The zero-order chi connectivity index (χ0) is 16.9. The first-order valence-corrected chi connectivity index (χ1v) is 8.17. The summed E-state index contributed by atoms with van der Waals surface area (Å²) in [5.41, 5.74) is 0.994. The Morgan fingerprint density at radius 3 is 2.83 bits per heavy atom. The number of aliphatic imine (C=N–C) groups is 1. The molecule has 1 aromatic heterocycles. The average Bonchev–Trinajstić information content (AvgIpc) is 2.55. The van der Waals surface area contributed by atoms with Crippen LogP contribution in [0.15, 0.2) is 23.3 Å². The van der Waals surface area contributed by atoms with Crippen molar-refractivity contribution in [2.45, 2.75) is 33.2 Å². The summed E-state index contributed by atoms with van der Waals surface area (Å²) in [7, 11) is 3.43. The van der Waals surface area contributed by atoms with Crippen LogP contribution in [0.5, 0.6) is 5.88 Å². The van der Waals surface area contributed by atoms with E-state index in [0.29, 0.717) is 25.6 Å². The number of aromatic nitrogens is 1. The van der Waals surface area contributed by atoms with Crippen molar-refractivity contribution < 1.29 is 9.47 Å². The molecule has 2 N–H and O–H groups in total. The number of nitrogens with zero attached hydrogens (tertiary/aromatic N) is 2. The van der Waals surface area contributed by atoms with Crippen LogP contribution < -0.4 is 15.4 Å². The van der Waals surface area contributed by atoms with Crippen LogP contribution in [0.3, 0.4) is 0 Å². The SMILES string of the molecule is CN=C(NCCCC(C)C)NCc1cccnc1OCCOC. The van der Waals surface area contributed by atoms with Gasteiger partial charge >= 0.3 is 0 Å². The highest BCUT2D eigenvalue weighted by Crippen LogP contribution is 2.13. The second-order valence-corrected chi connectivity index (χ2v) is 5.70. The number of hydrogen-bond donors (Lipinski definition) is 2. The zero-order valence-electron chi connectivity index (χ0n) is 14.8. The largest absolute Gasteiger partial charge is 0.475 e. The molecule has 1 rings (SSSR count). The minimum atomic E-state index is 0.489. The first kappa shape index (κ1) is 19.2. The van der Waals surface area contributed by atoms with Gasteiger partial charge in [0.25, 0.3) is 0 Å². The summed E-state index contributed by atoms with van der Waals surface area (Å²) >= 11 is 0. The van der Waals surface area contributed by atoms with E-state index in [2.05, 4.69) is 34.5 Å². The first-order valence-electron chi connectivity index (χ1n) is 8.17. The molecule has 0 aliphatic rings. The lowest BCUT2D eigenvalue weighted by Gasteiger charge is -2.14. The summed E-state index contributed by atoms with van der Waals surface area (Å²) in [5, 5.41) is 6.62. The van der Waals surface area contributed by atoms with Gasteiger partial charge in [-0.2, -0.15) is 0 Å². The molecule has 0 saturated carbocycles. The van der Waals surface area contributed by atoms with Gasteiger partial charge in [-0.05, 0) is 24.8 Å². The maximum absolute atomic E-state index is 5.63. The van der Waals surface area contributed by atoms with Gasteiger partial charge in [-0.15, -0.1) is 0 Å². The molecule has 0 bridgehead atoms. The summed E-state index contributed by atoms with van der Waals surface area (Å²) in [6.45, 7) is 7.04. The van der Waals surface area contributed by atoms with Gasteiger partial charge in [0.05, 0.1) is 6.61 Å². The van der Waals surface area contributed by atoms with Crippen molar-refractivity contribution in [3.8, 4) is 5.88 Å². The molecule has 23 heavy (non-hydrogen) atoms. The molecular weight excluding hydrogens is 292 g/mol. The summed E-state index contributed by atoms with van der Waals surface area (Å²) < 4.78 is 10.6. The molecule has 0 unspecified atom stereocenters. The lowest BCUT2D eigenvalue weighted by Crippen LogP contribution is -2.37. The quantitative estimate of drug-likeness (QED) is 0.393. The number of hydrogen-bond acceptors (Lipinski definition) is 4. The summed E-state index contributed by atoms with van der Waals surface area (Å²) in [6.07, 6.45) is 4.07. The molecule has 0 aliphatic carbocycles. The van der Waals surface area contributed by atoms with Crippen LogP contribution in [0.1, 0.15) is 32.3 Å². The molecule has 0 radical (unpaired) electrons. The number of pyridine rings is 1. The van der Waals surface area contributed by atoms with Gasteiger partial charge in [0.2, 0.25) is 5.88 Å². The second kappa shape index (κ2) is 11.7. The van der Waals surface area contributed by atoms with Crippen molar-refractivity contribution in [3.05, 3.63) is 23.9 Å². The Morgan fingerprint density at radius 1 is 1.30 bits per heavy atom. The fourth-order valence-electron chi connectivity index (χ4n) is 2.03. The number of rotatable bonds is 10. The van der Waals surface area contributed by atoms with E-state index in [1.807, 2.05) is 12.1 Å². The molecule has 0 fully saturated rings. The van der Waals surface area contributed by atoms with Gasteiger partial charge < -0.3 is 20.1 Å². The molecular formula is C17H30N4O2. The Morgan fingerprint density at radius 2 is 2.13 bits per heavy atom. The van der Waals surface area contributed by atoms with Crippen LogP contribution in [0.25, 0.3) is 0 Å². The minimum absolute atomic E-state index is 0.489. The molecule has 0 aromatic carbocycles. The third-order valence-corrected chi connectivity index (χ3v) is 3.30. The van der Waals surface area contributed by atoms with Crippen molar-refractivity contribution in [3.63, 3.8) is 0 Å². The maximum atomic E-state index is 5.63. The van der Waals surface area contributed by atoms with Crippen molar-refractivity contribution in [2.75, 3.05) is 33.9 Å². The fourth-order valence-corrected chi connectivity index (χ4v) is 2.03. The molecule has 6 heteroatoms. The number of nitrogens with one attached hydrogen (secondary N) is 2. The van der Waals surface area contributed by atoms with Crippen LogP contribution in [-0.4, -0.2) is 44.9 Å². The molecule has 0 saturated heterocycles. The monoisotopic (exact) mass is 322 g/mol. The van der Waals surface area contributed by atoms with E-state index >= 15 is 0 Å². The van der Waals surface area contributed by atoms with Gasteiger partial charge in [-0.1, -0.05) is 19.9 Å². The lowest BCUT2D eigenvalue weighted by atomic mass is 10.1. The highest BCUT2D eigenvalue weighted by molar-refractivity contribution is 5.79. The molecule has 0 atom stereocenters. The third kappa shape index (κ3) is 8.40. The third-order valence-electron chi connectivity index (χ3n) is 3.30. The van der Waals surface area contributed by atoms with E-state index in [0.717, 1.165) is 30.4 Å². The van der Waals surface area contributed by atoms with E-state index in [4.69, 9.17) is 9.47 Å². The fraction of sp³-hybridized carbons (Fsp3) is 0.647. The van der Waals surface area contributed by atoms with Gasteiger partial charge in [0.1, 0.15) is 6.61 Å². The van der Waals surface area contributed by atoms with Crippen LogP contribution in [0.4, 0.5) is 0 Å². The standard InChI is InChI=1S/C17H30N4O2/c1-14(2)7-5-10-20-17(18-3)21-13-15-8-6-9-19-16(15)23-12-11-22-4/h6,8-9,14H,5,7,10-13H2,1-4H3,(H2,18,20,21). The highest BCUT2D eigenvalue weighted by Gasteiger charge is 2.06. The van der Waals surface area contributed by atoms with E-state index in [-0.39, 0.29) is 0 Å². The number of guanidine groups is 1. The van der Waals surface area contributed by atoms with Gasteiger partial charge in [-0.25, -0.2) is 4.98 Å². The van der Waals surface area contributed by atoms with E-state index < -0.39 is 0 Å². The molecule has 0 amide bonds. The van der Waals surface area contributed by atoms with Crippen molar-refractivity contribution in [1.29, 1.82) is 0 Å². The predicted molar refractivity (Wildman–Crippen MR) is 93.9 cm³/mol. The second-order valence-electron chi connectivity index (χ2n) is 5.70. The Hall–Kier alpha value is -1.82. The summed E-state index contributed by atoms with van der Waals surface area (Å²) in [4.78, 5) is 8.51. The predicted octanol–water partition coefficient (Wildman–Crippen LogP) is 2.21. The first-order chi connectivity index (χ1) is 11.2. The van der Waals surface area contributed by atoms with Crippen LogP contribution in [0, 0.1) is 5.92 Å².